The maximum Gasteiger partial charge on any atom is 0.251 e. The van der Waals surface area contributed by atoms with Crippen molar-refractivity contribution in [3.8, 4) is 0 Å². The summed E-state index contributed by atoms with van der Waals surface area (Å²) in [5.41, 5.74) is 3.05. The van der Waals surface area contributed by atoms with Gasteiger partial charge in [-0.3, -0.25) is 19.6 Å². The molecule has 0 radical (unpaired) electrons. The van der Waals surface area contributed by atoms with Gasteiger partial charge in [-0.1, -0.05) is 60.7 Å². The van der Waals surface area contributed by atoms with Crippen LogP contribution in [0.3, 0.4) is 0 Å². The van der Waals surface area contributed by atoms with Crippen LogP contribution in [0, 0.1) is 0 Å². The van der Waals surface area contributed by atoms with Crippen LogP contribution in [0.25, 0.3) is 10.8 Å². The second-order valence-corrected chi connectivity index (χ2v) is 8.65. The Morgan fingerprint density at radius 3 is 2.39 bits per heavy atom. The van der Waals surface area contributed by atoms with E-state index >= 15 is 0 Å². The summed E-state index contributed by atoms with van der Waals surface area (Å²) in [4.78, 5) is 36.9. The summed E-state index contributed by atoms with van der Waals surface area (Å²) >= 11 is 1.47. The molecule has 0 saturated heterocycles. The van der Waals surface area contributed by atoms with Gasteiger partial charge in [0.15, 0.2) is 0 Å². The number of nitrogens with one attached hydrogen (secondary N) is 3. The minimum Gasteiger partial charge on any atom is -0.350 e. The van der Waals surface area contributed by atoms with Crippen molar-refractivity contribution in [2.75, 3.05) is 11.5 Å². The Bertz CT molecular complexity index is 1090. The maximum absolute atomic E-state index is 12.9. The molecule has 0 fully saturated rings. The number of thioether (sulfide) groups is 1. The van der Waals surface area contributed by atoms with Crippen LogP contribution in [-0.2, 0) is 16.1 Å². The first-order chi connectivity index (χ1) is 16.1. The second kappa shape index (κ2) is 12.6. The first kappa shape index (κ1) is 24.3. The van der Waals surface area contributed by atoms with E-state index in [0.717, 1.165) is 16.3 Å². The fourth-order valence-corrected chi connectivity index (χ4v) is 4.24. The van der Waals surface area contributed by atoms with Gasteiger partial charge in [-0.25, -0.2) is 5.48 Å². The van der Waals surface area contributed by atoms with E-state index in [1.165, 1.54) is 11.8 Å². The zero-order valence-electron chi connectivity index (χ0n) is 18.1. The van der Waals surface area contributed by atoms with E-state index in [1.807, 2.05) is 66.7 Å². The third kappa shape index (κ3) is 7.62. The molecule has 8 heteroatoms. The minimum absolute atomic E-state index is 0.192. The van der Waals surface area contributed by atoms with Gasteiger partial charge in [0.05, 0.1) is 0 Å². The molecule has 0 aliphatic heterocycles. The first-order valence-corrected chi connectivity index (χ1v) is 11.8. The molecule has 172 valence electrons. The number of fused-ring (bicyclic) bond motifs is 1. The van der Waals surface area contributed by atoms with E-state index in [2.05, 4.69) is 10.6 Å². The topological polar surface area (TPSA) is 108 Å². The van der Waals surface area contributed by atoms with E-state index in [9.17, 15) is 14.4 Å². The number of benzene rings is 3. The molecule has 0 bridgehead atoms. The molecule has 0 aliphatic carbocycles. The van der Waals surface area contributed by atoms with E-state index in [-0.39, 0.29) is 18.2 Å². The highest BCUT2D eigenvalue weighted by Crippen LogP contribution is 2.16. The van der Waals surface area contributed by atoms with Gasteiger partial charge in [0.2, 0.25) is 11.8 Å². The predicted octanol–water partition coefficient (Wildman–Crippen LogP) is 3.27. The molecular formula is C25H27N3O4S. The van der Waals surface area contributed by atoms with Crippen molar-refractivity contribution < 1.29 is 19.6 Å². The van der Waals surface area contributed by atoms with Crippen molar-refractivity contribution in [2.45, 2.75) is 25.4 Å². The Hall–Kier alpha value is -3.36. The molecule has 3 aromatic carbocycles. The average molecular weight is 466 g/mol. The van der Waals surface area contributed by atoms with Crippen molar-refractivity contribution in [1.29, 1.82) is 0 Å². The third-order valence-corrected chi connectivity index (χ3v) is 6.19. The second-order valence-electron chi connectivity index (χ2n) is 7.50. The largest absolute Gasteiger partial charge is 0.350 e. The van der Waals surface area contributed by atoms with Gasteiger partial charge in [0, 0.05) is 24.3 Å². The van der Waals surface area contributed by atoms with Gasteiger partial charge in [-0.15, -0.1) is 0 Å². The van der Waals surface area contributed by atoms with Crippen LogP contribution in [0.1, 0.15) is 28.8 Å². The van der Waals surface area contributed by atoms with Crippen LogP contribution in [0.4, 0.5) is 0 Å². The highest BCUT2D eigenvalue weighted by Gasteiger charge is 2.21. The molecule has 3 amide bonds. The number of rotatable bonds is 11. The van der Waals surface area contributed by atoms with E-state index in [1.54, 1.807) is 11.5 Å². The Morgan fingerprint density at radius 1 is 0.909 bits per heavy atom. The van der Waals surface area contributed by atoms with Crippen LogP contribution in [0.15, 0.2) is 72.8 Å². The standard InChI is InChI=1S/C25H27N3O4S/c29-23(28-32)11-6-14-33-17-22(25(31)26-16-18-7-2-1-3-8-18)27-24(30)21-13-12-19-9-4-5-10-20(19)15-21/h1-5,7-10,12-13,15,22,32H,6,11,14,16-17H2,(H,26,31)(H,27,30)(H,28,29)/t22-/m0/s1. The normalized spacial score (nSPS) is 11.5. The molecule has 3 rings (SSSR count). The molecule has 7 nitrogen and oxygen atoms in total. The number of hydrogen-bond acceptors (Lipinski definition) is 5. The molecule has 0 unspecified atom stereocenters. The first-order valence-electron chi connectivity index (χ1n) is 10.7. The van der Waals surface area contributed by atoms with Gasteiger partial charge in [-0.2, -0.15) is 11.8 Å². The lowest BCUT2D eigenvalue weighted by molar-refractivity contribution is -0.129. The van der Waals surface area contributed by atoms with Crippen LogP contribution in [0.5, 0.6) is 0 Å². The Morgan fingerprint density at radius 2 is 1.64 bits per heavy atom. The lowest BCUT2D eigenvalue weighted by atomic mass is 10.1. The van der Waals surface area contributed by atoms with Gasteiger partial charge in [0.25, 0.3) is 5.91 Å². The van der Waals surface area contributed by atoms with E-state index in [0.29, 0.717) is 30.0 Å². The van der Waals surface area contributed by atoms with Crippen molar-refractivity contribution in [2.24, 2.45) is 0 Å². The predicted molar refractivity (Wildman–Crippen MR) is 130 cm³/mol. The number of hydroxylamine groups is 1. The SMILES string of the molecule is O=C(CCCSC[C@H](NC(=O)c1ccc2ccccc2c1)C(=O)NCc1ccccc1)NO. The zero-order valence-corrected chi connectivity index (χ0v) is 18.9. The lowest BCUT2D eigenvalue weighted by Gasteiger charge is -2.19. The smallest absolute Gasteiger partial charge is 0.251 e. The summed E-state index contributed by atoms with van der Waals surface area (Å²) < 4.78 is 0. The van der Waals surface area contributed by atoms with Gasteiger partial charge in [0.1, 0.15) is 6.04 Å². The molecule has 33 heavy (non-hydrogen) atoms. The van der Waals surface area contributed by atoms with E-state index in [4.69, 9.17) is 5.21 Å². The van der Waals surface area contributed by atoms with Crippen LogP contribution in [0.2, 0.25) is 0 Å². The fourth-order valence-electron chi connectivity index (χ4n) is 3.26. The van der Waals surface area contributed by atoms with Crippen molar-refractivity contribution in [1.82, 2.24) is 16.1 Å². The Balaban J connectivity index is 1.62. The highest BCUT2D eigenvalue weighted by molar-refractivity contribution is 7.99. The molecule has 0 aromatic heterocycles. The van der Waals surface area contributed by atoms with Gasteiger partial charge < -0.3 is 10.6 Å². The summed E-state index contributed by atoms with van der Waals surface area (Å²) in [5.74, 6) is -0.0607. The number of hydrogen-bond donors (Lipinski definition) is 4. The van der Waals surface area contributed by atoms with Crippen molar-refractivity contribution in [3.63, 3.8) is 0 Å². The molecule has 0 spiro atoms. The Labute approximate surface area is 196 Å². The summed E-state index contributed by atoms with van der Waals surface area (Å²) in [6, 6.07) is 22.0. The molecule has 0 aliphatic rings. The average Bonchev–Trinajstić information content (AvgIpc) is 2.86. The molecular weight excluding hydrogens is 438 g/mol. The lowest BCUT2D eigenvalue weighted by Crippen LogP contribution is -2.48. The van der Waals surface area contributed by atoms with Crippen LogP contribution >= 0.6 is 11.8 Å². The molecule has 0 saturated carbocycles. The molecule has 0 heterocycles. The number of carbonyl (C=O) groups excluding carboxylic acids is 3. The quantitative estimate of drug-likeness (QED) is 0.198. The third-order valence-electron chi connectivity index (χ3n) is 5.04. The van der Waals surface area contributed by atoms with Gasteiger partial charge in [-0.05, 0) is 40.6 Å². The fraction of sp³-hybridized carbons (Fsp3) is 0.240. The summed E-state index contributed by atoms with van der Waals surface area (Å²) in [5, 5.41) is 16.3. The molecule has 3 aromatic rings. The van der Waals surface area contributed by atoms with Crippen LogP contribution in [-0.4, -0.2) is 40.5 Å². The summed E-state index contributed by atoms with van der Waals surface area (Å²) in [6.07, 6.45) is 0.742. The zero-order chi connectivity index (χ0) is 23.5. The molecule has 1 atom stereocenters. The minimum atomic E-state index is -0.732. The summed E-state index contributed by atoms with van der Waals surface area (Å²) in [7, 11) is 0. The highest BCUT2D eigenvalue weighted by atomic mass is 32.2. The van der Waals surface area contributed by atoms with Crippen LogP contribution < -0.4 is 16.1 Å². The van der Waals surface area contributed by atoms with Gasteiger partial charge >= 0.3 is 0 Å². The van der Waals surface area contributed by atoms with Crippen molar-refractivity contribution >= 4 is 40.3 Å². The Kier molecular flexibility index (Phi) is 9.29. The summed E-state index contributed by atoms with van der Waals surface area (Å²) in [6.45, 7) is 0.364. The van der Waals surface area contributed by atoms with Crippen molar-refractivity contribution in [3.05, 3.63) is 83.9 Å². The maximum atomic E-state index is 12.9. The number of amides is 3. The number of carbonyl (C=O) groups is 3. The van der Waals surface area contributed by atoms with E-state index < -0.39 is 11.9 Å². The molecule has 4 N–H and O–H groups in total. The monoisotopic (exact) mass is 465 g/mol.